The number of aromatic hydroxyl groups is 1. The van der Waals surface area contributed by atoms with Crippen molar-refractivity contribution in [2.45, 2.75) is 78.2 Å². The van der Waals surface area contributed by atoms with Crippen LogP contribution in [0.2, 0.25) is 0 Å². The van der Waals surface area contributed by atoms with Gasteiger partial charge in [-0.15, -0.1) is 0 Å². The summed E-state index contributed by atoms with van der Waals surface area (Å²) in [6.07, 6.45) is 7.44. The van der Waals surface area contributed by atoms with E-state index in [1.165, 1.54) is 12.8 Å². The fourth-order valence-corrected chi connectivity index (χ4v) is 3.74. The van der Waals surface area contributed by atoms with E-state index in [0.29, 0.717) is 16.8 Å². The first-order valence-electron chi connectivity index (χ1n) is 9.62. The Morgan fingerprint density at radius 3 is 2.75 bits per heavy atom. The predicted octanol–water partition coefficient (Wildman–Crippen LogP) is 3.29. The van der Waals surface area contributed by atoms with Gasteiger partial charge in [0.25, 0.3) is 8.18 Å². The highest BCUT2D eigenvalue weighted by Gasteiger charge is 2.19. The maximum atomic E-state index is 12.2. The molecule has 1 aliphatic rings. The Morgan fingerprint density at radius 1 is 1.43 bits per heavy atom. The van der Waals surface area contributed by atoms with E-state index in [9.17, 15) is 14.5 Å². The first kappa shape index (κ1) is 22.5. The summed E-state index contributed by atoms with van der Waals surface area (Å²) in [4.78, 5) is 20.5. The fraction of sp³-hybridized carbons (Fsp3) is 0.632. The molecular weight excluding hydrogens is 381 g/mol. The third-order valence-corrected chi connectivity index (χ3v) is 5.57. The molecule has 1 aromatic heterocycles. The van der Waals surface area contributed by atoms with Crippen LogP contribution in [0.4, 0.5) is 0 Å². The Bertz CT molecular complexity index is 733. The Kier molecular flexibility index (Phi) is 8.60. The van der Waals surface area contributed by atoms with Gasteiger partial charge in [0.2, 0.25) is 0 Å². The lowest BCUT2D eigenvalue weighted by Gasteiger charge is -2.15. The van der Waals surface area contributed by atoms with E-state index in [0.717, 1.165) is 12.8 Å². The van der Waals surface area contributed by atoms with Crippen molar-refractivity contribution in [3.05, 3.63) is 23.0 Å². The van der Waals surface area contributed by atoms with Gasteiger partial charge in [-0.05, 0) is 40.5 Å². The minimum atomic E-state index is -2.69. The first-order chi connectivity index (χ1) is 13.3. The zero-order valence-corrected chi connectivity index (χ0v) is 17.9. The molecule has 1 aliphatic carbocycles. The van der Waals surface area contributed by atoms with Crippen LogP contribution in [0.15, 0.2) is 11.2 Å². The molecule has 9 heteroatoms. The monoisotopic (exact) mass is 411 g/mol. The lowest BCUT2D eigenvalue weighted by Crippen LogP contribution is -2.32. The highest BCUT2D eigenvalue weighted by atomic mass is 31.1. The normalized spacial score (nSPS) is 17.3. The molecule has 0 aromatic carbocycles. The Balaban J connectivity index is 2.00. The Morgan fingerprint density at radius 2 is 2.11 bits per heavy atom. The number of pyridine rings is 1. The van der Waals surface area contributed by atoms with Crippen molar-refractivity contribution in [3.8, 4) is 5.75 Å². The van der Waals surface area contributed by atoms with Crippen LogP contribution >= 0.6 is 8.18 Å². The number of aromatic nitrogens is 1. The summed E-state index contributed by atoms with van der Waals surface area (Å²) < 4.78 is 22.6. The van der Waals surface area contributed by atoms with E-state index in [-0.39, 0.29) is 24.5 Å². The van der Waals surface area contributed by atoms with E-state index < -0.39 is 20.2 Å². The van der Waals surface area contributed by atoms with Gasteiger partial charge in [-0.1, -0.05) is 12.8 Å². The summed E-state index contributed by atoms with van der Waals surface area (Å²) in [5.41, 5.74) is 1.61. The van der Waals surface area contributed by atoms with Crippen molar-refractivity contribution < 1.29 is 23.7 Å². The quantitative estimate of drug-likeness (QED) is 0.364. The minimum absolute atomic E-state index is 0.0242. The molecule has 0 spiro atoms. The van der Waals surface area contributed by atoms with E-state index in [1.54, 1.807) is 40.1 Å². The smallest absolute Gasteiger partial charge is 0.323 e. The van der Waals surface area contributed by atoms with Gasteiger partial charge in [0.1, 0.15) is 11.8 Å². The molecule has 0 aliphatic heterocycles. The summed E-state index contributed by atoms with van der Waals surface area (Å²) in [7, 11) is -2.69. The number of carbonyl (C=O) groups excluding carboxylic acids is 1. The lowest BCUT2D eigenvalue weighted by molar-refractivity contribution is -0.149. The number of hydrogen-bond donors (Lipinski definition) is 2. The van der Waals surface area contributed by atoms with Crippen molar-refractivity contribution in [2.24, 2.45) is 4.99 Å². The Labute approximate surface area is 166 Å². The largest absolute Gasteiger partial charge is 0.505 e. The number of esters is 1. The van der Waals surface area contributed by atoms with Gasteiger partial charge in [-0.2, -0.15) is 0 Å². The molecule has 156 valence electrons. The molecule has 2 N–H and O–H groups in total. The molecule has 1 aromatic rings. The molecule has 0 radical (unpaired) electrons. The highest BCUT2D eigenvalue weighted by Crippen LogP contribution is 2.27. The van der Waals surface area contributed by atoms with Gasteiger partial charge in [-0.25, -0.2) is 5.09 Å². The van der Waals surface area contributed by atoms with Crippen LogP contribution in [-0.2, 0) is 25.2 Å². The standard InChI is InChI=1S/C19H30N3O5P/c1-12(2)27-19(24)14(4)22-28(25)26-11-15-9-20-13(3)18(23)17(15)10-21-16-7-5-6-8-16/h9-10,12,14,16,23,28H,5-8,11H2,1-4H3,(H,22,25)/b21-10+/t14-/m0/s1. The van der Waals surface area contributed by atoms with E-state index in [4.69, 9.17) is 9.26 Å². The van der Waals surface area contributed by atoms with Crippen LogP contribution < -0.4 is 5.09 Å². The van der Waals surface area contributed by atoms with Crippen LogP contribution in [-0.4, -0.2) is 40.5 Å². The molecular formula is C19H30N3O5P. The SMILES string of the molecule is Cc1ncc(CO[PH](=O)N[C@@H](C)C(=O)OC(C)C)c(/C=N/C2CCCC2)c1O. The molecule has 28 heavy (non-hydrogen) atoms. The van der Waals surface area contributed by atoms with Gasteiger partial charge in [-0.3, -0.25) is 19.3 Å². The number of aliphatic imine (C=N–C) groups is 1. The second-order valence-electron chi connectivity index (χ2n) is 7.28. The molecule has 0 bridgehead atoms. The number of nitrogens with one attached hydrogen (secondary N) is 1. The highest BCUT2D eigenvalue weighted by molar-refractivity contribution is 7.36. The molecule has 1 saturated carbocycles. The average Bonchev–Trinajstić information content (AvgIpc) is 3.14. The number of aryl methyl sites for hydroxylation is 1. The van der Waals surface area contributed by atoms with Gasteiger partial charge in [0.15, 0.2) is 0 Å². The van der Waals surface area contributed by atoms with Crippen LogP contribution in [0.5, 0.6) is 5.75 Å². The van der Waals surface area contributed by atoms with Crippen LogP contribution in [0.25, 0.3) is 0 Å². The summed E-state index contributed by atoms with van der Waals surface area (Å²) in [5.74, 6) is -0.444. The number of rotatable bonds is 9. The predicted molar refractivity (Wildman–Crippen MR) is 108 cm³/mol. The average molecular weight is 411 g/mol. The van der Waals surface area contributed by atoms with Crippen molar-refractivity contribution >= 4 is 20.4 Å². The fourth-order valence-electron chi connectivity index (χ4n) is 2.90. The molecule has 1 heterocycles. The number of carbonyl (C=O) groups is 1. The Hall–Kier alpha value is -1.76. The molecule has 8 nitrogen and oxygen atoms in total. The maximum Gasteiger partial charge on any atom is 0.323 e. The van der Waals surface area contributed by atoms with Crippen molar-refractivity contribution in [2.75, 3.05) is 0 Å². The molecule has 2 rings (SSSR count). The van der Waals surface area contributed by atoms with E-state index in [1.807, 2.05) is 0 Å². The molecule has 0 saturated heterocycles. The number of nitrogens with zero attached hydrogens (tertiary/aromatic N) is 2. The van der Waals surface area contributed by atoms with Gasteiger partial charge in [0.05, 0.1) is 18.4 Å². The minimum Gasteiger partial charge on any atom is -0.505 e. The van der Waals surface area contributed by atoms with Crippen LogP contribution in [0.3, 0.4) is 0 Å². The first-order valence-corrected chi connectivity index (χ1v) is 10.9. The van der Waals surface area contributed by atoms with E-state index in [2.05, 4.69) is 15.1 Å². The lowest BCUT2D eigenvalue weighted by atomic mass is 10.1. The third kappa shape index (κ3) is 6.69. The summed E-state index contributed by atoms with van der Waals surface area (Å²) >= 11 is 0. The molecule has 0 amide bonds. The van der Waals surface area contributed by atoms with Crippen molar-refractivity contribution in [1.82, 2.24) is 10.1 Å². The summed E-state index contributed by atoms with van der Waals surface area (Å²) in [6, 6.07) is -0.475. The number of hydrogen-bond acceptors (Lipinski definition) is 7. The zero-order valence-electron chi connectivity index (χ0n) is 16.9. The second kappa shape index (κ2) is 10.7. The summed E-state index contributed by atoms with van der Waals surface area (Å²) in [6.45, 7) is 6.74. The van der Waals surface area contributed by atoms with Crippen LogP contribution in [0, 0.1) is 6.92 Å². The van der Waals surface area contributed by atoms with E-state index >= 15 is 0 Å². The molecule has 1 unspecified atom stereocenters. The third-order valence-electron chi connectivity index (χ3n) is 4.50. The van der Waals surface area contributed by atoms with Gasteiger partial charge < -0.3 is 14.4 Å². The maximum absolute atomic E-state index is 12.2. The second-order valence-corrected chi connectivity index (χ2v) is 8.43. The topological polar surface area (TPSA) is 110 Å². The zero-order chi connectivity index (χ0) is 20.7. The molecule has 1 fully saturated rings. The van der Waals surface area contributed by atoms with Gasteiger partial charge >= 0.3 is 5.97 Å². The number of ether oxygens (including phenoxy) is 1. The van der Waals surface area contributed by atoms with Crippen LogP contribution in [0.1, 0.15) is 63.3 Å². The van der Waals surface area contributed by atoms with Gasteiger partial charge in [0, 0.05) is 29.6 Å². The van der Waals surface area contributed by atoms with Crippen molar-refractivity contribution in [1.29, 1.82) is 0 Å². The van der Waals surface area contributed by atoms with Crippen molar-refractivity contribution in [3.63, 3.8) is 0 Å². The summed E-state index contributed by atoms with van der Waals surface area (Å²) in [5, 5.41) is 13.0. The molecule has 2 atom stereocenters.